The number of amides is 2. The molecule has 0 saturated carbocycles. The summed E-state index contributed by atoms with van der Waals surface area (Å²) in [5, 5.41) is 5.88. The van der Waals surface area contributed by atoms with Crippen LogP contribution in [0.15, 0.2) is 30.3 Å². The summed E-state index contributed by atoms with van der Waals surface area (Å²) in [7, 11) is 1.62. The van der Waals surface area contributed by atoms with Gasteiger partial charge < -0.3 is 20.3 Å². The van der Waals surface area contributed by atoms with Crippen molar-refractivity contribution in [2.75, 3.05) is 32.1 Å². The van der Waals surface area contributed by atoms with E-state index < -0.39 is 6.04 Å². The number of likely N-dealkylation sites (N-methyl/N-ethyl adjacent to an activating group) is 1. The smallest absolute Gasteiger partial charge is 0.243 e. The van der Waals surface area contributed by atoms with Crippen molar-refractivity contribution in [2.45, 2.75) is 19.1 Å². The second kappa shape index (κ2) is 7.19. The fourth-order valence-corrected chi connectivity index (χ4v) is 2.26. The molecule has 114 valence electrons. The van der Waals surface area contributed by atoms with Gasteiger partial charge in [0, 0.05) is 19.3 Å². The Morgan fingerprint density at radius 1 is 1.38 bits per heavy atom. The van der Waals surface area contributed by atoms with Crippen LogP contribution in [0.5, 0.6) is 0 Å². The zero-order valence-electron chi connectivity index (χ0n) is 12.3. The predicted molar refractivity (Wildman–Crippen MR) is 79.9 cm³/mol. The molecule has 0 aromatic heterocycles. The van der Waals surface area contributed by atoms with E-state index in [0.717, 1.165) is 5.69 Å². The summed E-state index contributed by atoms with van der Waals surface area (Å²) in [4.78, 5) is 25.7. The minimum absolute atomic E-state index is 0.0125. The number of nitrogens with zero attached hydrogens (tertiary/aromatic N) is 1. The number of ether oxygens (including phenoxy) is 1. The first-order valence-corrected chi connectivity index (χ1v) is 7.03. The number of hydrogen-bond acceptors (Lipinski definition) is 4. The van der Waals surface area contributed by atoms with Crippen LogP contribution in [0, 0.1) is 0 Å². The first kappa shape index (κ1) is 15.5. The van der Waals surface area contributed by atoms with E-state index in [2.05, 4.69) is 10.6 Å². The Morgan fingerprint density at radius 3 is 2.76 bits per heavy atom. The topological polar surface area (TPSA) is 70.7 Å². The van der Waals surface area contributed by atoms with E-state index in [-0.39, 0.29) is 24.5 Å². The van der Waals surface area contributed by atoms with Crippen molar-refractivity contribution in [1.29, 1.82) is 0 Å². The molecular weight excluding hydrogens is 270 g/mol. The highest BCUT2D eigenvalue weighted by Gasteiger charge is 2.31. The van der Waals surface area contributed by atoms with Crippen LogP contribution in [0.3, 0.4) is 0 Å². The molecule has 6 nitrogen and oxygen atoms in total. The van der Waals surface area contributed by atoms with E-state index in [9.17, 15) is 9.59 Å². The van der Waals surface area contributed by atoms with Gasteiger partial charge in [0.25, 0.3) is 0 Å². The van der Waals surface area contributed by atoms with Gasteiger partial charge in [0.05, 0.1) is 19.3 Å². The number of carbonyl (C=O) groups is 2. The predicted octanol–water partition coefficient (Wildman–Crippen LogP) is 0.460. The summed E-state index contributed by atoms with van der Waals surface area (Å²) in [6.45, 7) is 3.11. The Labute approximate surface area is 124 Å². The van der Waals surface area contributed by atoms with Crippen molar-refractivity contribution in [1.82, 2.24) is 10.2 Å². The van der Waals surface area contributed by atoms with Crippen molar-refractivity contribution in [3.63, 3.8) is 0 Å². The molecule has 1 aromatic carbocycles. The van der Waals surface area contributed by atoms with E-state index in [1.54, 1.807) is 19.2 Å². The Kier molecular flexibility index (Phi) is 5.30. The second-order valence-corrected chi connectivity index (χ2v) is 5.12. The number of para-hydroxylation sites is 1. The van der Waals surface area contributed by atoms with Crippen molar-refractivity contribution < 1.29 is 14.3 Å². The molecule has 21 heavy (non-hydrogen) atoms. The van der Waals surface area contributed by atoms with E-state index in [1.165, 1.54) is 4.90 Å². The van der Waals surface area contributed by atoms with E-state index >= 15 is 0 Å². The first-order valence-electron chi connectivity index (χ1n) is 7.03. The first-order chi connectivity index (χ1) is 10.1. The van der Waals surface area contributed by atoms with Crippen LogP contribution >= 0.6 is 0 Å². The average Bonchev–Trinajstić information content (AvgIpc) is 2.48. The number of anilines is 1. The van der Waals surface area contributed by atoms with Crippen LogP contribution < -0.4 is 10.6 Å². The number of rotatable bonds is 4. The van der Waals surface area contributed by atoms with Crippen LogP contribution in [-0.4, -0.2) is 55.6 Å². The standard InChI is InChI=1S/C15H21N3O3/c1-11-14(16-8-9-21-11)15(20)18(2)10-13(19)17-12-6-4-3-5-7-12/h3-7,11,14,16H,8-10H2,1-2H3,(H,17,19)/t11-,14+/m1/s1. The highest BCUT2D eigenvalue weighted by atomic mass is 16.5. The molecule has 2 amide bonds. The van der Waals surface area contributed by atoms with Crippen LogP contribution in [0.2, 0.25) is 0 Å². The Bertz CT molecular complexity index is 492. The molecule has 0 aliphatic carbocycles. The highest BCUT2D eigenvalue weighted by Crippen LogP contribution is 2.08. The molecule has 1 aliphatic heterocycles. The molecule has 2 atom stereocenters. The van der Waals surface area contributed by atoms with Crippen molar-refractivity contribution in [3.8, 4) is 0 Å². The van der Waals surface area contributed by atoms with E-state index in [1.807, 2.05) is 25.1 Å². The zero-order chi connectivity index (χ0) is 15.2. The second-order valence-electron chi connectivity index (χ2n) is 5.12. The minimum atomic E-state index is -0.395. The quantitative estimate of drug-likeness (QED) is 0.845. The van der Waals surface area contributed by atoms with Crippen molar-refractivity contribution in [3.05, 3.63) is 30.3 Å². The molecule has 1 aromatic rings. The normalized spacial score (nSPS) is 21.6. The number of hydrogen-bond donors (Lipinski definition) is 2. The maximum atomic E-state index is 12.3. The molecule has 2 rings (SSSR count). The van der Waals surface area contributed by atoms with Crippen molar-refractivity contribution >= 4 is 17.5 Å². The summed E-state index contributed by atoms with van der Waals surface area (Å²) in [5.74, 6) is -0.355. The van der Waals surface area contributed by atoms with Gasteiger partial charge in [-0.05, 0) is 19.1 Å². The fourth-order valence-electron chi connectivity index (χ4n) is 2.26. The molecule has 0 radical (unpaired) electrons. The summed E-state index contributed by atoms with van der Waals surface area (Å²) in [5.41, 5.74) is 0.718. The van der Waals surface area contributed by atoms with Crippen LogP contribution in [0.4, 0.5) is 5.69 Å². The van der Waals surface area contributed by atoms with E-state index in [4.69, 9.17) is 4.74 Å². The fraction of sp³-hybridized carbons (Fsp3) is 0.467. The lowest BCUT2D eigenvalue weighted by molar-refractivity contribution is -0.140. The summed E-state index contributed by atoms with van der Waals surface area (Å²) < 4.78 is 5.45. The van der Waals surface area contributed by atoms with E-state index in [0.29, 0.717) is 13.2 Å². The lowest BCUT2D eigenvalue weighted by Crippen LogP contribution is -2.56. The largest absolute Gasteiger partial charge is 0.375 e. The molecule has 1 aliphatic rings. The van der Waals surface area contributed by atoms with Crippen LogP contribution in [0.1, 0.15) is 6.92 Å². The zero-order valence-corrected chi connectivity index (χ0v) is 12.3. The monoisotopic (exact) mass is 291 g/mol. The lowest BCUT2D eigenvalue weighted by Gasteiger charge is -2.32. The average molecular weight is 291 g/mol. The Balaban J connectivity index is 1.86. The third kappa shape index (κ3) is 4.27. The molecule has 2 N–H and O–H groups in total. The number of carbonyl (C=O) groups excluding carboxylic acids is 2. The Morgan fingerprint density at radius 2 is 2.10 bits per heavy atom. The maximum Gasteiger partial charge on any atom is 0.243 e. The summed E-state index contributed by atoms with van der Waals surface area (Å²) in [6.07, 6.45) is -0.189. The van der Waals surface area contributed by atoms with Crippen molar-refractivity contribution in [2.24, 2.45) is 0 Å². The summed E-state index contributed by atoms with van der Waals surface area (Å²) >= 11 is 0. The summed E-state index contributed by atoms with van der Waals surface area (Å²) in [6, 6.07) is 8.77. The lowest BCUT2D eigenvalue weighted by atomic mass is 10.1. The molecular formula is C15H21N3O3. The van der Waals surface area contributed by atoms with Gasteiger partial charge in [-0.15, -0.1) is 0 Å². The molecule has 1 heterocycles. The molecule has 0 bridgehead atoms. The molecule has 6 heteroatoms. The third-order valence-corrected chi connectivity index (χ3v) is 3.40. The van der Waals surface area contributed by atoms with Gasteiger partial charge in [0.2, 0.25) is 11.8 Å². The van der Waals surface area contributed by atoms with Gasteiger partial charge in [-0.1, -0.05) is 18.2 Å². The maximum absolute atomic E-state index is 12.3. The van der Waals surface area contributed by atoms with Gasteiger partial charge in [0.1, 0.15) is 6.04 Å². The minimum Gasteiger partial charge on any atom is -0.375 e. The SMILES string of the molecule is C[C@H]1OCCN[C@@H]1C(=O)N(C)CC(=O)Nc1ccccc1. The van der Waals surface area contributed by atoms with Gasteiger partial charge >= 0.3 is 0 Å². The van der Waals surface area contributed by atoms with Gasteiger partial charge in [0.15, 0.2) is 0 Å². The van der Waals surface area contributed by atoms with Crippen LogP contribution in [0.25, 0.3) is 0 Å². The van der Waals surface area contributed by atoms with Gasteiger partial charge in [-0.3, -0.25) is 9.59 Å². The van der Waals surface area contributed by atoms with Gasteiger partial charge in [-0.2, -0.15) is 0 Å². The molecule has 1 saturated heterocycles. The Hall–Kier alpha value is -1.92. The van der Waals surface area contributed by atoms with Crippen LogP contribution in [-0.2, 0) is 14.3 Å². The number of morpholine rings is 1. The number of nitrogens with one attached hydrogen (secondary N) is 2. The highest BCUT2D eigenvalue weighted by molar-refractivity contribution is 5.95. The molecule has 0 unspecified atom stereocenters. The molecule has 1 fully saturated rings. The molecule has 0 spiro atoms. The third-order valence-electron chi connectivity index (χ3n) is 3.40. The number of benzene rings is 1. The van der Waals surface area contributed by atoms with Gasteiger partial charge in [-0.25, -0.2) is 0 Å².